The Hall–Kier alpha value is -4.38. The molecule has 0 fully saturated rings. The van der Waals surface area contributed by atoms with Crippen molar-refractivity contribution in [2.45, 2.75) is 20.4 Å². The summed E-state index contributed by atoms with van der Waals surface area (Å²) < 4.78 is 11.9. The first-order valence-electron chi connectivity index (χ1n) is 11.7. The van der Waals surface area contributed by atoms with Crippen LogP contribution >= 0.6 is 0 Å². The average molecular weight is 463 g/mol. The molecule has 174 valence electrons. The van der Waals surface area contributed by atoms with E-state index >= 15 is 0 Å². The van der Waals surface area contributed by atoms with Gasteiger partial charge in [0.2, 0.25) is 5.91 Å². The SMILES string of the molecule is CCOc1cc2occ(-c3cccc4ccccc34)c2cc1/C(C)=C/C(=O)NCc1cccnc1. The van der Waals surface area contributed by atoms with E-state index in [1.807, 2.05) is 44.2 Å². The molecule has 0 aliphatic rings. The molecule has 0 saturated heterocycles. The number of hydrogen-bond acceptors (Lipinski definition) is 4. The zero-order chi connectivity index (χ0) is 24.2. The smallest absolute Gasteiger partial charge is 0.244 e. The zero-order valence-electron chi connectivity index (χ0n) is 19.7. The molecular weight excluding hydrogens is 436 g/mol. The summed E-state index contributed by atoms with van der Waals surface area (Å²) in [6, 6.07) is 22.3. The number of furan rings is 1. The third kappa shape index (κ3) is 4.66. The topological polar surface area (TPSA) is 64.4 Å². The van der Waals surface area contributed by atoms with Crippen molar-refractivity contribution in [3.63, 3.8) is 0 Å². The Morgan fingerprint density at radius 3 is 2.71 bits per heavy atom. The van der Waals surface area contributed by atoms with Gasteiger partial charge in [0.05, 0.1) is 12.9 Å². The van der Waals surface area contributed by atoms with Gasteiger partial charge < -0.3 is 14.5 Å². The van der Waals surface area contributed by atoms with Crippen LogP contribution in [0.4, 0.5) is 0 Å². The van der Waals surface area contributed by atoms with Gasteiger partial charge in [-0.05, 0) is 53.5 Å². The molecule has 2 heterocycles. The first-order valence-corrected chi connectivity index (χ1v) is 11.7. The van der Waals surface area contributed by atoms with Gasteiger partial charge in [0.15, 0.2) is 0 Å². The highest BCUT2D eigenvalue weighted by molar-refractivity contribution is 6.06. The van der Waals surface area contributed by atoms with Crippen LogP contribution < -0.4 is 10.1 Å². The summed E-state index contributed by atoms with van der Waals surface area (Å²) in [4.78, 5) is 16.7. The summed E-state index contributed by atoms with van der Waals surface area (Å²) in [6.45, 7) is 4.79. The zero-order valence-corrected chi connectivity index (χ0v) is 19.7. The van der Waals surface area contributed by atoms with Gasteiger partial charge in [-0.1, -0.05) is 48.5 Å². The number of rotatable bonds is 7. The Morgan fingerprint density at radius 2 is 1.89 bits per heavy atom. The molecule has 0 aliphatic heterocycles. The highest BCUT2D eigenvalue weighted by Gasteiger charge is 2.16. The number of amides is 1. The Bertz CT molecular complexity index is 1530. The lowest BCUT2D eigenvalue weighted by Crippen LogP contribution is -2.20. The first kappa shape index (κ1) is 22.4. The van der Waals surface area contributed by atoms with Crippen LogP contribution in [0.15, 0.2) is 95.9 Å². The summed E-state index contributed by atoms with van der Waals surface area (Å²) in [5.41, 5.74) is 5.47. The summed E-state index contributed by atoms with van der Waals surface area (Å²) in [5, 5.41) is 6.24. The molecule has 0 aliphatic carbocycles. The minimum Gasteiger partial charge on any atom is -0.493 e. The lowest BCUT2D eigenvalue weighted by molar-refractivity contribution is -0.116. The van der Waals surface area contributed by atoms with Crippen molar-refractivity contribution < 1.29 is 13.9 Å². The summed E-state index contributed by atoms with van der Waals surface area (Å²) in [6.07, 6.45) is 6.86. The van der Waals surface area contributed by atoms with Crippen molar-refractivity contribution in [1.82, 2.24) is 10.3 Å². The highest BCUT2D eigenvalue weighted by Crippen LogP contribution is 2.39. The van der Waals surface area contributed by atoms with E-state index in [1.165, 1.54) is 5.39 Å². The van der Waals surface area contributed by atoms with Gasteiger partial charge in [-0.2, -0.15) is 0 Å². The second-order valence-electron chi connectivity index (χ2n) is 8.36. The molecule has 5 nitrogen and oxygen atoms in total. The van der Waals surface area contributed by atoms with Gasteiger partial charge in [0.25, 0.3) is 0 Å². The molecule has 5 heteroatoms. The maximum atomic E-state index is 12.7. The molecule has 2 aromatic heterocycles. The molecule has 1 amide bonds. The number of carbonyl (C=O) groups excluding carboxylic acids is 1. The van der Waals surface area contributed by atoms with Crippen LogP contribution in [-0.4, -0.2) is 17.5 Å². The molecule has 35 heavy (non-hydrogen) atoms. The molecular formula is C30H26N2O3. The van der Waals surface area contributed by atoms with Crippen molar-refractivity contribution in [3.8, 4) is 16.9 Å². The minimum absolute atomic E-state index is 0.171. The van der Waals surface area contributed by atoms with Gasteiger partial charge in [-0.25, -0.2) is 0 Å². The summed E-state index contributed by atoms with van der Waals surface area (Å²) >= 11 is 0. The van der Waals surface area contributed by atoms with Crippen molar-refractivity contribution in [2.75, 3.05) is 6.61 Å². The van der Waals surface area contributed by atoms with Crippen LogP contribution in [-0.2, 0) is 11.3 Å². The largest absolute Gasteiger partial charge is 0.493 e. The Kier molecular flexibility index (Phi) is 6.31. The van der Waals surface area contributed by atoms with Crippen molar-refractivity contribution in [2.24, 2.45) is 0 Å². The Labute approximate surface area is 204 Å². The molecule has 0 saturated carbocycles. The fourth-order valence-electron chi connectivity index (χ4n) is 4.32. The number of aromatic nitrogens is 1. The molecule has 5 aromatic rings. The first-order chi connectivity index (χ1) is 17.1. The monoisotopic (exact) mass is 462 g/mol. The van der Waals surface area contributed by atoms with E-state index in [-0.39, 0.29) is 5.91 Å². The standard InChI is InChI=1S/C30H26N2O3/c1-3-34-28-16-29-26(27(19-35-29)24-12-6-10-22-9-4-5-11-23(22)24)15-25(28)20(2)14-30(33)32-18-21-8-7-13-31-17-21/h4-17,19H,3,18H2,1-2H3,(H,32,33)/b20-14+. The fourth-order valence-corrected chi connectivity index (χ4v) is 4.32. The number of ether oxygens (including phenoxy) is 1. The predicted octanol–water partition coefficient (Wildman–Crippen LogP) is 6.77. The van der Waals surface area contributed by atoms with Gasteiger partial charge in [0, 0.05) is 47.6 Å². The van der Waals surface area contributed by atoms with E-state index in [2.05, 4.69) is 46.7 Å². The third-order valence-electron chi connectivity index (χ3n) is 6.02. The Balaban J connectivity index is 1.53. The molecule has 0 unspecified atom stereocenters. The van der Waals surface area contributed by atoms with Crippen LogP contribution in [0.25, 0.3) is 38.4 Å². The van der Waals surface area contributed by atoms with Gasteiger partial charge in [-0.3, -0.25) is 9.78 Å². The van der Waals surface area contributed by atoms with E-state index in [4.69, 9.17) is 9.15 Å². The normalized spacial score (nSPS) is 11.7. The van der Waals surface area contributed by atoms with E-state index in [0.717, 1.165) is 44.2 Å². The van der Waals surface area contributed by atoms with E-state index in [1.54, 1.807) is 24.7 Å². The lowest BCUT2D eigenvalue weighted by Gasteiger charge is -2.12. The van der Waals surface area contributed by atoms with Crippen LogP contribution in [0.5, 0.6) is 5.75 Å². The predicted molar refractivity (Wildman–Crippen MR) is 140 cm³/mol. The van der Waals surface area contributed by atoms with Crippen LogP contribution in [0.3, 0.4) is 0 Å². The van der Waals surface area contributed by atoms with E-state index < -0.39 is 0 Å². The van der Waals surface area contributed by atoms with Crippen molar-refractivity contribution >= 4 is 33.2 Å². The Morgan fingerprint density at radius 1 is 1.03 bits per heavy atom. The quantitative estimate of drug-likeness (QED) is 0.271. The minimum atomic E-state index is -0.171. The second-order valence-corrected chi connectivity index (χ2v) is 8.36. The number of allylic oxidation sites excluding steroid dienone is 1. The number of nitrogens with zero attached hydrogens (tertiary/aromatic N) is 1. The number of nitrogens with one attached hydrogen (secondary N) is 1. The number of carbonyl (C=O) groups is 1. The second kappa shape index (κ2) is 9.85. The maximum absolute atomic E-state index is 12.7. The summed E-state index contributed by atoms with van der Waals surface area (Å²) in [5.74, 6) is 0.517. The number of benzene rings is 3. The molecule has 1 N–H and O–H groups in total. The van der Waals surface area contributed by atoms with Gasteiger partial charge >= 0.3 is 0 Å². The van der Waals surface area contributed by atoms with E-state index in [0.29, 0.717) is 18.9 Å². The molecule has 0 spiro atoms. The third-order valence-corrected chi connectivity index (χ3v) is 6.02. The van der Waals surface area contributed by atoms with Crippen molar-refractivity contribution in [1.29, 1.82) is 0 Å². The fraction of sp³-hybridized carbons (Fsp3) is 0.133. The summed E-state index contributed by atoms with van der Waals surface area (Å²) in [7, 11) is 0. The van der Waals surface area contributed by atoms with Gasteiger partial charge in [-0.15, -0.1) is 0 Å². The number of hydrogen-bond donors (Lipinski definition) is 1. The molecule has 3 aromatic carbocycles. The van der Waals surface area contributed by atoms with Crippen LogP contribution in [0.1, 0.15) is 25.0 Å². The molecule has 0 radical (unpaired) electrons. The van der Waals surface area contributed by atoms with Crippen LogP contribution in [0, 0.1) is 0 Å². The van der Waals surface area contributed by atoms with E-state index in [9.17, 15) is 4.79 Å². The average Bonchev–Trinajstić information content (AvgIpc) is 3.30. The van der Waals surface area contributed by atoms with Gasteiger partial charge in [0.1, 0.15) is 11.3 Å². The number of fused-ring (bicyclic) bond motifs is 2. The maximum Gasteiger partial charge on any atom is 0.244 e. The molecule has 5 rings (SSSR count). The van der Waals surface area contributed by atoms with Crippen LogP contribution in [0.2, 0.25) is 0 Å². The highest BCUT2D eigenvalue weighted by atomic mass is 16.5. The molecule has 0 bridgehead atoms. The van der Waals surface area contributed by atoms with Crippen molar-refractivity contribution in [3.05, 3.63) is 103 Å². The molecule has 0 atom stereocenters. The lowest BCUT2D eigenvalue weighted by atomic mass is 9.96. The number of pyridine rings is 1.